The average Bonchev–Trinajstić information content (AvgIpc) is 2.62. The van der Waals surface area contributed by atoms with Gasteiger partial charge in [-0.25, -0.2) is 0 Å². The van der Waals surface area contributed by atoms with Crippen molar-refractivity contribution in [2.45, 2.75) is 0 Å². The number of hydrogen-bond acceptors (Lipinski definition) is 0. The van der Waals surface area contributed by atoms with Gasteiger partial charge in [0.2, 0.25) is 0 Å². The van der Waals surface area contributed by atoms with Gasteiger partial charge in [-0.05, 0) is 51.6 Å². The average molecular weight is 282 g/mol. The van der Waals surface area contributed by atoms with Crippen LogP contribution in [0.15, 0.2) is 98.1 Å². The largest absolute Gasteiger partial charge is 0.0985 e. The molecule has 0 aromatic heterocycles. The fourth-order valence-electron chi connectivity index (χ4n) is 2.53. The summed E-state index contributed by atoms with van der Waals surface area (Å²) in [7, 11) is 0. The van der Waals surface area contributed by atoms with Crippen LogP contribution in [0.25, 0.3) is 27.8 Å². The van der Waals surface area contributed by atoms with E-state index in [2.05, 4.69) is 79.9 Å². The number of allylic oxidation sites excluding steroid dienone is 2. The fraction of sp³-hybridized carbons (Fsp3) is 0. The maximum Gasteiger partial charge on any atom is -0.0172 e. The van der Waals surface area contributed by atoms with Crippen LogP contribution in [0.4, 0.5) is 0 Å². The molecule has 0 nitrogen and oxygen atoms in total. The first kappa shape index (κ1) is 14.1. The molecule has 3 aromatic rings. The van der Waals surface area contributed by atoms with E-state index in [9.17, 15) is 0 Å². The molecule has 0 spiro atoms. The van der Waals surface area contributed by atoms with Crippen molar-refractivity contribution in [1.29, 1.82) is 0 Å². The van der Waals surface area contributed by atoms with Crippen molar-refractivity contribution in [3.63, 3.8) is 0 Å². The SMILES string of the molecule is C=CC(=C)c1cc(-c2ccccc2)cc(-c2ccccc2)c1. The number of rotatable bonds is 4. The molecule has 0 aliphatic heterocycles. The second-order valence-electron chi connectivity index (χ2n) is 5.26. The van der Waals surface area contributed by atoms with Gasteiger partial charge in [0.05, 0.1) is 0 Å². The second-order valence-corrected chi connectivity index (χ2v) is 5.26. The zero-order chi connectivity index (χ0) is 15.4. The van der Waals surface area contributed by atoms with Crippen LogP contribution in [0.3, 0.4) is 0 Å². The predicted molar refractivity (Wildman–Crippen MR) is 96.5 cm³/mol. The lowest BCUT2D eigenvalue weighted by molar-refractivity contribution is 1.56. The van der Waals surface area contributed by atoms with E-state index in [1.54, 1.807) is 6.08 Å². The Bertz CT molecular complexity index is 738. The van der Waals surface area contributed by atoms with Crippen LogP contribution in [0, 0.1) is 0 Å². The Morgan fingerprint density at radius 3 is 1.50 bits per heavy atom. The van der Waals surface area contributed by atoms with Gasteiger partial charge >= 0.3 is 0 Å². The third-order valence-corrected chi connectivity index (χ3v) is 3.76. The molecule has 0 radical (unpaired) electrons. The molecule has 0 heterocycles. The Hall–Kier alpha value is -2.86. The summed E-state index contributed by atoms with van der Waals surface area (Å²) in [4.78, 5) is 0. The van der Waals surface area contributed by atoms with Crippen LogP contribution in [-0.2, 0) is 0 Å². The van der Waals surface area contributed by atoms with Gasteiger partial charge in [0.1, 0.15) is 0 Å². The fourth-order valence-corrected chi connectivity index (χ4v) is 2.53. The van der Waals surface area contributed by atoms with Crippen molar-refractivity contribution >= 4 is 5.57 Å². The molecule has 0 unspecified atom stereocenters. The van der Waals surface area contributed by atoms with Gasteiger partial charge in [-0.3, -0.25) is 0 Å². The Morgan fingerprint density at radius 2 is 1.09 bits per heavy atom. The van der Waals surface area contributed by atoms with Crippen molar-refractivity contribution in [3.8, 4) is 22.3 Å². The minimum Gasteiger partial charge on any atom is -0.0985 e. The smallest absolute Gasteiger partial charge is 0.0172 e. The molecule has 0 fully saturated rings. The second kappa shape index (κ2) is 6.28. The highest BCUT2D eigenvalue weighted by Gasteiger charge is 2.06. The maximum absolute atomic E-state index is 4.09. The lowest BCUT2D eigenvalue weighted by Crippen LogP contribution is -1.87. The molecule has 106 valence electrons. The Morgan fingerprint density at radius 1 is 0.636 bits per heavy atom. The van der Waals surface area contributed by atoms with Crippen LogP contribution in [-0.4, -0.2) is 0 Å². The van der Waals surface area contributed by atoms with Gasteiger partial charge < -0.3 is 0 Å². The summed E-state index contributed by atoms with van der Waals surface area (Å²) in [6, 6.07) is 27.4. The number of hydrogen-bond donors (Lipinski definition) is 0. The zero-order valence-electron chi connectivity index (χ0n) is 12.5. The summed E-state index contributed by atoms with van der Waals surface area (Å²) >= 11 is 0. The van der Waals surface area contributed by atoms with E-state index in [1.165, 1.54) is 22.3 Å². The molecule has 0 aliphatic carbocycles. The summed E-state index contributed by atoms with van der Waals surface area (Å²) in [5.41, 5.74) is 6.85. The quantitative estimate of drug-likeness (QED) is 0.498. The maximum atomic E-state index is 4.09. The van der Waals surface area contributed by atoms with Gasteiger partial charge in [-0.15, -0.1) is 0 Å². The Balaban J connectivity index is 2.19. The van der Waals surface area contributed by atoms with E-state index in [0.717, 1.165) is 11.1 Å². The highest BCUT2D eigenvalue weighted by Crippen LogP contribution is 2.30. The first-order valence-corrected chi connectivity index (χ1v) is 7.35. The topological polar surface area (TPSA) is 0 Å². The van der Waals surface area contributed by atoms with Crippen LogP contribution in [0.1, 0.15) is 5.56 Å². The van der Waals surface area contributed by atoms with E-state index in [1.807, 2.05) is 12.1 Å². The highest BCUT2D eigenvalue weighted by molar-refractivity contribution is 5.82. The number of benzene rings is 3. The first-order chi connectivity index (χ1) is 10.8. The van der Waals surface area contributed by atoms with Crippen molar-refractivity contribution in [2.24, 2.45) is 0 Å². The van der Waals surface area contributed by atoms with Gasteiger partial charge in [0, 0.05) is 0 Å². The van der Waals surface area contributed by atoms with E-state index in [0.29, 0.717) is 0 Å². The molecule has 0 saturated heterocycles. The molecule has 3 rings (SSSR count). The van der Waals surface area contributed by atoms with Crippen LogP contribution in [0.5, 0.6) is 0 Å². The van der Waals surface area contributed by atoms with E-state index in [-0.39, 0.29) is 0 Å². The van der Waals surface area contributed by atoms with Crippen LogP contribution in [0.2, 0.25) is 0 Å². The molecule has 0 saturated carbocycles. The van der Waals surface area contributed by atoms with Crippen LogP contribution < -0.4 is 0 Å². The van der Waals surface area contributed by atoms with E-state index >= 15 is 0 Å². The minimum absolute atomic E-state index is 0.940. The molecular formula is C22H18. The standard InChI is InChI=1S/C22H18/c1-3-17(2)20-14-21(18-10-6-4-7-11-18)16-22(15-20)19-12-8-5-9-13-19/h3-16H,1-2H2. The van der Waals surface area contributed by atoms with Crippen molar-refractivity contribution < 1.29 is 0 Å². The first-order valence-electron chi connectivity index (χ1n) is 7.35. The molecule has 0 N–H and O–H groups in total. The van der Waals surface area contributed by atoms with Gasteiger partial charge in [0.25, 0.3) is 0 Å². The van der Waals surface area contributed by atoms with Gasteiger partial charge in [-0.2, -0.15) is 0 Å². The Kier molecular flexibility index (Phi) is 4.02. The molecule has 0 aliphatic rings. The Labute approximate surface area is 132 Å². The normalized spacial score (nSPS) is 10.2. The van der Waals surface area contributed by atoms with E-state index in [4.69, 9.17) is 0 Å². The monoisotopic (exact) mass is 282 g/mol. The summed E-state index contributed by atoms with van der Waals surface area (Å²) in [5, 5.41) is 0. The molecule has 0 atom stereocenters. The van der Waals surface area contributed by atoms with Crippen LogP contribution >= 0.6 is 0 Å². The zero-order valence-corrected chi connectivity index (χ0v) is 12.5. The summed E-state index contributed by atoms with van der Waals surface area (Å²) in [5.74, 6) is 0. The van der Waals surface area contributed by atoms with Crippen molar-refractivity contribution in [2.75, 3.05) is 0 Å². The summed E-state index contributed by atoms with van der Waals surface area (Å²) < 4.78 is 0. The molecule has 0 bridgehead atoms. The van der Waals surface area contributed by atoms with E-state index < -0.39 is 0 Å². The van der Waals surface area contributed by atoms with Crippen molar-refractivity contribution in [1.82, 2.24) is 0 Å². The summed E-state index contributed by atoms with van der Waals surface area (Å²) in [6.07, 6.45) is 1.80. The molecule has 0 amide bonds. The minimum atomic E-state index is 0.940. The molecule has 0 heteroatoms. The molecule has 22 heavy (non-hydrogen) atoms. The van der Waals surface area contributed by atoms with Crippen molar-refractivity contribution in [3.05, 3.63) is 104 Å². The highest BCUT2D eigenvalue weighted by atomic mass is 14.1. The lowest BCUT2D eigenvalue weighted by atomic mass is 9.94. The summed E-state index contributed by atoms with van der Waals surface area (Å²) in [6.45, 7) is 7.94. The predicted octanol–water partition coefficient (Wildman–Crippen LogP) is 6.22. The third-order valence-electron chi connectivity index (χ3n) is 3.76. The van der Waals surface area contributed by atoms with Gasteiger partial charge in [-0.1, -0.05) is 79.9 Å². The molecular weight excluding hydrogens is 264 g/mol. The lowest BCUT2D eigenvalue weighted by Gasteiger charge is -2.11. The molecule has 3 aromatic carbocycles. The third kappa shape index (κ3) is 2.91. The van der Waals surface area contributed by atoms with Gasteiger partial charge in [0.15, 0.2) is 0 Å².